The molecule has 3 rings (SSSR count). The molecule has 0 saturated heterocycles. The van der Waals surface area contributed by atoms with Crippen LogP contribution in [-0.4, -0.2) is 19.9 Å². The molecule has 0 atom stereocenters. The summed E-state index contributed by atoms with van der Waals surface area (Å²) in [6.07, 6.45) is 2.50. The third-order valence-electron chi connectivity index (χ3n) is 3.16. The van der Waals surface area contributed by atoms with Crippen LogP contribution < -0.4 is 10.6 Å². The van der Waals surface area contributed by atoms with Gasteiger partial charge in [-0.05, 0) is 30.3 Å². The van der Waals surface area contributed by atoms with Crippen molar-refractivity contribution in [3.8, 4) is 0 Å². The highest BCUT2D eigenvalue weighted by atomic mass is 79.9. The van der Waals surface area contributed by atoms with Crippen LogP contribution in [0, 0.1) is 15.9 Å². The molecule has 0 saturated carbocycles. The number of aromatic nitrogens is 3. The van der Waals surface area contributed by atoms with E-state index in [1.807, 2.05) is 0 Å². The minimum Gasteiger partial charge on any atom is -0.332 e. The second-order valence-corrected chi connectivity index (χ2v) is 6.26. The molecule has 132 valence electrons. The molecule has 11 heteroatoms. The van der Waals surface area contributed by atoms with Crippen molar-refractivity contribution in [1.29, 1.82) is 0 Å². The number of hydrogen-bond acceptors (Lipinski definition) is 7. The van der Waals surface area contributed by atoms with Gasteiger partial charge in [-0.15, -0.1) is 0 Å². The van der Waals surface area contributed by atoms with Crippen molar-refractivity contribution in [2.24, 2.45) is 0 Å². The molecule has 0 amide bonds. The Morgan fingerprint density at radius 3 is 2.46 bits per heavy atom. The predicted octanol–water partition coefficient (Wildman–Crippen LogP) is 4.82. The Hall–Kier alpha value is -2.85. The predicted molar refractivity (Wildman–Crippen MR) is 98.6 cm³/mol. The van der Waals surface area contributed by atoms with Gasteiger partial charge >= 0.3 is 5.69 Å². The van der Waals surface area contributed by atoms with E-state index < -0.39 is 16.4 Å². The summed E-state index contributed by atoms with van der Waals surface area (Å²) in [5, 5.41) is 17.3. The molecule has 2 heterocycles. The second-order valence-electron chi connectivity index (χ2n) is 4.91. The molecule has 8 nitrogen and oxygen atoms in total. The molecule has 0 unspecified atom stereocenters. The molecule has 0 spiro atoms. The van der Waals surface area contributed by atoms with Gasteiger partial charge in [-0.3, -0.25) is 10.1 Å². The fraction of sp³-hybridized carbons (Fsp3) is 0. The summed E-state index contributed by atoms with van der Waals surface area (Å²) in [4.78, 5) is 22.6. The lowest BCUT2D eigenvalue weighted by atomic mass is 10.3. The lowest BCUT2D eigenvalue weighted by molar-refractivity contribution is -0.383. The summed E-state index contributed by atoms with van der Waals surface area (Å²) in [6.45, 7) is 0. The SMILES string of the molecule is O=[N+]([O-])c1c(Nc2ccc(Cl)cn2)ncnc1Nc1ccc(Br)cc1F. The van der Waals surface area contributed by atoms with Crippen LogP contribution in [0.4, 0.5) is 33.2 Å². The molecule has 0 fully saturated rings. The summed E-state index contributed by atoms with van der Waals surface area (Å²) in [7, 11) is 0. The van der Waals surface area contributed by atoms with Crippen LogP contribution in [0.15, 0.2) is 47.3 Å². The van der Waals surface area contributed by atoms with Gasteiger partial charge < -0.3 is 10.6 Å². The molecule has 26 heavy (non-hydrogen) atoms. The molecule has 0 aliphatic heterocycles. The van der Waals surface area contributed by atoms with Crippen molar-refractivity contribution in [2.45, 2.75) is 0 Å². The number of nitrogens with one attached hydrogen (secondary N) is 2. The quantitative estimate of drug-likeness (QED) is 0.433. The minimum absolute atomic E-state index is 0.0329. The molecular weight excluding hydrogens is 431 g/mol. The van der Waals surface area contributed by atoms with Crippen molar-refractivity contribution in [1.82, 2.24) is 15.0 Å². The van der Waals surface area contributed by atoms with Gasteiger partial charge in [0, 0.05) is 10.7 Å². The third kappa shape index (κ3) is 4.03. The second kappa shape index (κ2) is 7.58. The summed E-state index contributed by atoms with van der Waals surface area (Å²) in [5.74, 6) is -0.555. The van der Waals surface area contributed by atoms with Crippen molar-refractivity contribution >= 4 is 56.4 Å². The van der Waals surface area contributed by atoms with Crippen LogP contribution in [-0.2, 0) is 0 Å². The maximum atomic E-state index is 14.0. The van der Waals surface area contributed by atoms with Crippen LogP contribution in [0.2, 0.25) is 5.02 Å². The van der Waals surface area contributed by atoms with Gasteiger partial charge in [0.05, 0.1) is 15.6 Å². The molecule has 0 aliphatic rings. The van der Waals surface area contributed by atoms with Crippen molar-refractivity contribution in [3.05, 3.63) is 68.3 Å². The zero-order valence-electron chi connectivity index (χ0n) is 12.8. The van der Waals surface area contributed by atoms with Crippen LogP contribution in [0.1, 0.15) is 0 Å². The van der Waals surface area contributed by atoms with Gasteiger partial charge in [-0.25, -0.2) is 19.3 Å². The van der Waals surface area contributed by atoms with E-state index >= 15 is 0 Å². The molecule has 0 radical (unpaired) electrons. The van der Waals surface area contributed by atoms with Gasteiger partial charge in [0.2, 0.25) is 11.6 Å². The highest BCUT2D eigenvalue weighted by Crippen LogP contribution is 2.33. The van der Waals surface area contributed by atoms with Crippen LogP contribution in [0.25, 0.3) is 0 Å². The maximum absolute atomic E-state index is 14.0. The Morgan fingerprint density at radius 1 is 1.12 bits per heavy atom. The Bertz CT molecular complexity index is 973. The Kier molecular flexibility index (Phi) is 5.24. The normalized spacial score (nSPS) is 10.4. The molecule has 1 aromatic carbocycles. The maximum Gasteiger partial charge on any atom is 0.353 e. The highest BCUT2D eigenvalue weighted by molar-refractivity contribution is 9.10. The first-order valence-corrected chi connectivity index (χ1v) is 8.21. The number of hydrogen-bond donors (Lipinski definition) is 2. The van der Waals surface area contributed by atoms with Gasteiger partial charge in [0.1, 0.15) is 18.0 Å². The zero-order valence-corrected chi connectivity index (χ0v) is 15.1. The number of halogens is 3. The van der Waals surface area contributed by atoms with Crippen LogP contribution in [0.3, 0.4) is 0 Å². The number of rotatable bonds is 5. The molecule has 0 aliphatic carbocycles. The number of benzene rings is 1. The first-order chi connectivity index (χ1) is 12.4. The van der Waals surface area contributed by atoms with E-state index in [4.69, 9.17) is 11.6 Å². The molecule has 3 aromatic rings. The fourth-order valence-electron chi connectivity index (χ4n) is 2.02. The largest absolute Gasteiger partial charge is 0.353 e. The van der Waals surface area contributed by atoms with E-state index in [9.17, 15) is 14.5 Å². The molecule has 2 aromatic heterocycles. The van der Waals surface area contributed by atoms with E-state index in [1.54, 1.807) is 12.1 Å². The lowest BCUT2D eigenvalue weighted by Gasteiger charge is -2.10. The third-order valence-corrected chi connectivity index (χ3v) is 3.88. The lowest BCUT2D eigenvalue weighted by Crippen LogP contribution is -2.06. The number of anilines is 4. The van der Waals surface area contributed by atoms with E-state index in [2.05, 4.69) is 41.5 Å². The summed E-state index contributed by atoms with van der Waals surface area (Å²) >= 11 is 8.91. The van der Waals surface area contributed by atoms with E-state index in [0.717, 1.165) is 6.33 Å². The van der Waals surface area contributed by atoms with E-state index in [0.29, 0.717) is 15.3 Å². The Balaban J connectivity index is 1.98. The van der Waals surface area contributed by atoms with Gasteiger partial charge in [0.15, 0.2) is 0 Å². The summed E-state index contributed by atoms with van der Waals surface area (Å²) in [6, 6.07) is 7.36. The highest BCUT2D eigenvalue weighted by Gasteiger charge is 2.24. The molecule has 0 bridgehead atoms. The van der Waals surface area contributed by atoms with Crippen molar-refractivity contribution < 1.29 is 9.31 Å². The van der Waals surface area contributed by atoms with Crippen LogP contribution in [0.5, 0.6) is 0 Å². The van der Waals surface area contributed by atoms with Crippen molar-refractivity contribution in [3.63, 3.8) is 0 Å². The number of nitro groups is 1. The number of nitrogens with zero attached hydrogens (tertiary/aromatic N) is 4. The van der Waals surface area contributed by atoms with Gasteiger partial charge in [-0.2, -0.15) is 0 Å². The zero-order chi connectivity index (χ0) is 18.7. The summed E-state index contributed by atoms with van der Waals surface area (Å²) < 4.78 is 14.5. The van der Waals surface area contributed by atoms with E-state index in [1.165, 1.54) is 24.4 Å². The Labute approximate surface area is 159 Å². The molecular formula is C15H9BrClFN6O2. The smallest absolute Gasteiger partial charge is 0.332 e. The topological polar surface area (TPSA) is 106 Å². The minimum atomic E-state index is -0.669. The Morgan fingerprint density at radius 2 is 1.85 bits per heavy atom. The molecule has 2 N–H and O–H groups in total. The average Bonchev–Trinajstić information content (AvgIpc) is 2.59. The first kappa shape index (κ1) is 18.0. The summed E-state index contributed by atoms with van der Waals surface area (Å²) in [5.41, 5.74) is -0.419. The van der Waals surface area contributed by atoms with E-state index in [-0.39, 0.29) is 17.3 Å². The standard InChI is InChI=1S/C15H9BrClFN6O2/c16-8-1-3-11(10(18)5-8)22-14-13(24(25)26)15(21-7-20-14)23-12-4-2-9(17)6-19-12/h1-7H,(H2,19,20,21,22,23). The number of pyridine rings is 1. The monoisotopic (exact) mass is 438 g/mol. The van der Waals surface area contributed by atoms with Gasteiger partial charge in [-0.1, -0.05) is 27.5 Å². The fourth-order valence-corrected chi connectivity index (χ4v) is 2.47. The van der Waals surface area contributed by atoms with Crippen molar-refractivity contribution in [2.75, 3.05) is 10.6 Å². The van der Waals surface area contributed by atoms with Gasteiger partial charge in [0.25, 0.3) is 0 Å². The first-order valence-electron chi connectivity index (χ1n) is 7.04. The van der Waals surface area contributed by atoms with Crippen LogP contribution >= 0.6 is 27.5 Å². The average molecular weight is 440 g/mol.